The van der Waals surface area contributed by atoms with Crippen LogP contribution in [0.4, 0.5) is 0 Å². The van der Waals surface area contributed by atoms with Gasteiger partial charge in [-0.05, 0) is 29.9 Å². The van der Waals surface area contributed by atoms with Crippen LogP contribution in [0.5, 0.6) is 0 Å². The number of hydrogen-bond donors (Lipinski definition) is 1. The van der Waals surface area contributed by atoms with Gasteiger partial charge in [0, 0.05) is 13.2 Å². The van der Waals surface area contributed by atoms with Crippen molar-refractivity contribution in [2.75, 3.05) is 13.2 Å². The van der Waals surface area contributed by atoms with Gasteiger partial charge in [0.1, 0.15) is 0 Å². The molecule has 1 saturated heterocycles. The number of aliphatic carboxylic acids is 1. The average molecular weight is 220 g/mol. The second-order valence-corrected chi connectivity index (χ2v) is 4.27. The molecular weight excluding hydrogens is 204 g/mol. The van der Waals surface area contributed by atoms with Crippen molar-refractivity contribution in [3.8, 4) is 0 Å². The predicted octanol–water partition coefficient (Wildman–Crippen LogP) is 1.89. The Balaban J connectivity index is 2.09. The van der Waals surface area contributed by atoms with Gasteiger partial charge in [-0.2, -0.15) is 0 Å². The van der Waals surface area contributed by atoms with Crippen LogP contribution in [0, 0.1) is 5.92 Å². The highest BCUT2D eigenvalue weighted by Gasteiger charge is 2.17. The van der Waals surface area contributed by atoms with E-state index in [2.05, 4.69) is 0 Å². The molecule has 1 fully saturated rings. The minimum Gasteiger partial charge on any atom is -0.481 e. The number of hydrogen-bond acceptors (Lipinski definition) is 2. The van der Waals surface area contributed by atoms with Gasteiger partial charge in [0.15, 0.2) is 0 Å². The van der Waals surface area contributed by atoms with Gasteiger partial charge in [0.05, 0.1) is 6.42 Å². The molecule has 86 valence electrons. The molecule has 0 aliphatic carbocycles. The second-order valence-electron chi connectivity index (χ2n) is 4.27. The Hall–Kier alpha value is -1.35. The predicted molar refractivity (Wildman–Crippen MR) is 60.4 cm³/mol. The molecule has 2 rings (SSSR count). The topological polar surface area (TPSA) is 46.5 Å². The van der Waals surface area contributed by atoms with E-state index >= 15 is 0 Å². The standard InChI is InChI=1S/C13H16O3/c14-13(15)8-12-4-2-1-3-11(12)7-10-5-6-16-9-10/h1-4,10H,5-9H2,(H,14,15). The monoisotopic (exact) mass is 220 g/mol. The summed E-state index contributed by atoms with van der Waals surface area (Å²) in [5.74, 6) is -0.218. The van der Waals surface area contributed by atoms with Crippen molar-refractivity contribution in [1.82, 2.24) is 0 Å². The molecule has 1 atom stereocenters. The van der Waals surface area contributed by atoms with Gasteiger partial charge in [-0.15, -0.1) is 0 Å². The van der Waals surface area contributed by atoms with E-state index in [9.17, 15) is 4.79 Å². The Bertz CT molecular complexity index is 367. The van der Waals surface area contributed by atoms with Crippen molar-refractivity contribution in [2.45, 2.75) is 19.3 Å². The molecule has 1 unspecified atom stereocenters. The number of benzene rings is 1. The summed E-state index contributed by atoms with van der Waals surface area (Å²) in [4.78, 5) is 10.7. The van der Waals surface area contributed by atoms with Gasteiger partial charge in [-0.3, -0.25) is 4.79 Å². The van der Waals surface area contributed by atoms with Crippen molar-refractivity contribution >= 4 is 5.97 Å². The summed E-state index contributed by atoms with van der Waals surface area (Å²) in [7, 11) is 0. The number of carboxylic acid groups (broad SMARTS) is 1. The van der Waals surface area contributed by atoms with Crippen molar-refractivity contribution in [1.29, 1.82) is 0 Å². The van der Waals surface area contributed by atoms with Gasteiger partial charge in [0.25, 0.3) is 0 Å². The third kappa shape index (κ3) is 2.83. The Morgan fingerprint density at radius 2 is 2.12 bits per heavy atom. The molecule has 1 aliphatic heterocycles. The Morgan fingerprint density at radius 1 is 1.38 bits per heavy atom. The van der Waals surface area contributed by atoms with E-state index in [4.69, 9.17) is 9.84 Å². The number of rotatable bonds is 4. The molecule has 1 N–H and O–H groups in total. The van der Waals surface area contributed by atoms with Gasteiger partial charge in [-0.25, -0.2) is 0 Å². The lowest BCUT2D eigenvalue weighted by Gasteiger charge is -2.11. The van der Waals surface area contributed by atoms with E-state index in [1.165, 1.54) is 0 Å². The maximum Gasteiger partial charge on any atom is 0.307 e. The van der Waals surface area contributed by atoms with E-state index in [-0.39, 0.29) is 6.42 Å². The molecule has 1 aromatic rings. The third-order valence-corrected chi connectivity index (χ3v) is 2.99. The lowest BCUT2D eigenvalue weighted by molar-refractivity contribution is -0.136. The van der Waals surface area contributed by atoms with Gasteiger partial charge >= 0.3 is 5.97 Å². The minimum atomic E-state index is -0.768. The van der Waals surface area contributed by atoms with Gasteiger partial charge in [0.2, 0.25) is 0 Å². The first-order valence-electron chi connectivity index (χ1n) is 5.62. The molecule has 0 aromatic heterocycles. The fourth-order valence-corrected chi connectivity index (χ4v) is 2.15. The van der Waals surface area contributed by atoms with Crippen LogP contribution in [0.1, 0.15) is 17.5 Å². The summed E-state index contributed by atoms with van der Waals surface area (Å²) in [6.07, 6.45) is 2.13. The largest absolute Gasteiger partial charge is 0.481 e. The maximum absolute atomic E-state index is 10.7. The van der Waals surface area contributed by atoms with Crippen LogP contribution in [0.3, 0.4) is 0 Å². The van der Waals surface area contributed by atoms with E-state index in [0.29, 0.717) is 5.92 Å². The van der Waals surface area contributed by atoms with Crippen molar-refractivity contribution in [2.24, 2.45) is 5.92 Å². The third-order valence-electron chi connectivity index (χ3n) is 2.99. The fourth-order valence-electron chi connectivity index (χ4n) is 2.15. The quantitative estimate of drug-likeness (QED) is 0.842. The first-order chi connectivity index (χ1) is 7.75. The van der Waals surface area contributed by atoms with Crippen LogP contribution < -0.4 is 0 Å². The summed E-state index contributed by atoms with van der Waals surface area (Å²) < 4.78 is 5.33. The number of carbonyl (C=O) groups is 1. The Morgan fingerprint density at radius 3 is 2.75 bits per heavy atom. The smallest absolute Gasteiger partial charge is 0.307 e. The Kier molecular flexibility index (Phi) is 3.57. The Labute approximate surface area is 95.0 Å². The molecule has 1 aliphatic rings. The zero-order chi connectivity index (χ0) is 11.4. The van der Waals surface area contributed by atoms with Crippen LogP contribution in [-0.2, 0) is 22.4 Å². The molecule has 0 spiro atoms. The molecule has 3 heteroatoms. The molecule has 16 heavy (non-hydrogen) atoms. The molecule has 0 bridgehead atoms. The summed E-state index contributed by atoms with van der Waals surface area (Å²) >= 11 is 0. The highest BCUT2D eigenvalue weighted by molar-refractivity contribution is 5.70. The van der Waals surface area contributed by atoms with Crippen molar-refractivity contribution < 1.29 is 14.6 Å². The van der Waals surface area contributed by atoms with E-state index < -0.39 is 5.97 Å². The molecule has 3 nitrogen and oxygen atoms in total. The normalized spacial score (nSPS) is 19.9. The maximum atomic E-state index is 10.7. The summed E-state index contributed by atoms with van der Waals surface area (Å²) in [6.45, 7) is 1.65. The number of carboxylic acids is 1. The van der Waals surface area contributed by atoms with Gasteiger partial charge < -0.3 is 9.84 Å². The molecule has 0 saturated carbocycles. The van der Waals surface area contributed by atoms with Crippen LogP contribution in [0.25, 0.3) is 0 Å². The van der Waals surface area contributed by atoms with Crippen molar-refractivity contribution in [3.05, 3.63) is 35.4 Å². The SMILES string of the molecule is O=C(O)Cc1ccccc1CC1CCOC1. The molecular formula is C13H16O3. The lowest BCUT2D eigenvalue weighted by atomic mass is 9.94. The van der Waals surface area contributed by atoms with Crippen LogP contribution in [0.2, 0.25) is 0 Å². The minimum absolute atomic E-state index is 0.115. The highest BCUT2D eigenvalue weighted by atomic mass is 16.5. The van der Waals surface area contributed by atoms with Crippen LogP contribution in [0.15, 0.2) is 24.3 Å². The lowest BCUT2D eigenvalue weighted by Crippen LogP contribution is -2.08. The zero-order valence-electron chi connectivity index (χ0n) is 9.19. The van der Waals surface area contributed by atoms with E-state index in [1.54, 1.807) is 0 Å². The second kappa shape index (κ2) is 5.12. The average Bonchev–Trinajstić information content (AvgIpc) is 2.73. The van der Waals surface area contributed by atoms with Crippen LogP contribution >= 0.6 is 0 Å². The first-order valence-corrected chi connectivity index (χ1v) is 5.62. The van der Waals surface area contributed by atoms with Crippen LogP contribution in [-0.4, -0.2) is 24.3 Å². The summed E-state index contributed by atoms with van der Waals surface area (Å²) in [5.41, 5.74) is 2.09. The molecule has 1 heterocycles. The molecule has 0 radical (unpaired) electrons. The molecule has 0 amide bonds. The van der Waals surface area contributed by atoms with E-state index in [1.807, 2.05) is 24.3 Å². The fraction of sp³-hybridized carbons (Fsp3) is 0.462. The summed E-state index contributed by atoms with van der Waals surface area (Å²) in [6, 6.07) is 7.79. The van der Waals surface area contributed by atoms with Crippen molar-refractivity contribution in [3.63, 3.8) is 0 Å². The first kappa shape index (κ1) is 11.1. The molecule has 1 aromatic carbocycles. The van der Waals surface area contributed by atoms with Gasteiger partial charge in [-0.1, -0.05) is 24.3 Å². The number of ether oxygens (including phenoxy) is 1. The summed E-state index contributed by atoms with van der Waals surface area (Å²) in [5, 5.41) is 8.83. The zero-order valence-corrected chi connectivity index (χ0v) is 9.19. The highest BCUT2D eigenvalue weighted by Crippen LogP contribution is 2.20. The van der Waals surface area contributed by atoms with E-state index in [0.717, 1.165) is 37.2 Å².